The molecular formula is C19H15ClF2N2O3. The van der Waals surface area contributed by atoms with Crippen LogP contribution in [0.5, 0.6) is 11.5 Å². The summed E-state index contributed by atoms with van der Waals surface area (Å²) in [6.45, 7) is -2.95. The average Bonchev–Trinajstić information content (AvgIpc) is 2.65. The molecule has 8 heteroatoms. The minimum Gasteiger partial charge on any atom is -0.493 e. The van der Waals surface area contributed by atoms with E-state index in [4.69, 9.17) is 16.3 Å². The van der Waals surface area contributed by atoms with Crippen LogP contribution in [-0.2, 0) is 6.42 Å². The molecule has 1 heterocycles. The first-order valence-electron chi connectivity index (χ1n) is 7.92. The van der Waals surface area contributed by atoms with Crippen LogP contribution in [-0.4, -0.2) is 23.9 Å². The van der Waals surface area contributed by atoms with E-state index in [9.17, 15) is 13.6 Å². The fraction of sp³-hybridized carbons (Fsp3) is 0.158. The van der Waals surface area contributed by atoms with E-state index in [1.165, 1.54) is 13.2 Å². The lowest BCUT2D eigenvalue weighted by atomic mass is 10.0. The molecule has 0 saturated heterocycles. The third-order valence-electron chi connectivity index (χ3n) is 3.86. The Kier molecular flexibility index (Phi) is 5.71. The number of aromatic nitrogens is 2. The molecule has 140 valence electrons. The Morgan fingerprint density at radius 2 is 1.85 bits per heavy atom. The van der Waals surface area contributed by atoms with Crippen molar-refractivity contribution in [3.8, 4) is 22.8 Å². The SMILES string of the molecule is COc1cc(Cc2cc(-c3ccc(Cl)cc3)n[nH]c2=O)ccc1OC(F)F. The number of halogens is 3. The highest BCUT2D eigenvalue weighted by Crippen LogP contribution is 2.30. The van der Waals surface area contributed by atoms with E-state index in [0.717, 1.165) is 5.56 Å². The standard InChI is InChI=1S/C19H15ClF2N2O3/c1-26-17-9-11(2-7-16(17)27-19(21)22)8-13-10-15(23-24-18(13)25)12-3-5-14(20)6-4-12/h2-7,9-10,19H,8H2,1H3,(H,24,25). The van der Waals surface area contributed by atoms with Gasteiger partial charge in [-0.2, -0.15) is 13.9 Å². The number of H-pyrrole nitrogens is 1. The second kappa shape index (κ2) is 8.18. The maximum absolute atomic E-state index is 12.4. The monoisotopic (exact) mass is 392 g/mol. The quantitative estimate of drug-likeness (QED) is 0.679. The highest BCUT2D eigenvalue weighted by atomic mass is 35.5. The van der Waals surface area contributed by atoms with Crippen LogP contribution < -0.4 is 15.0 Å². The molecule has 2 aromatic carbocycles. The third kappa shape index (κ3) is 4.62. The van der Waals surface area contributed by atoms with Crippen LogP contribution in [0, 0.1) is 0 Å². The Morgan fingerprint density at radius 3 is 2.52 bits per heavy atom. The molecule has 0 fully saturated rings. The Labute approximate surface area is 158 Å². The van der Waals surface area contributed by atoms with Gasteiger partial charge in [-0.25, -0.2) is 5.10 Å². The van der Waals surface area contributed by atoms with Crippen molar-refractivity contribution >= 4 is 11.6 Å². The summed E-state index contributed by atoms with van der Waals surface area (Å²) in [4.78, 5) is 12.1. The van der Waals surface area contributed by atoms with Crippen LogP contribution in [0.1, 0.15) is 11.1 Å². The van der Waals surface area contributed by atoms with Gasteiger partial charge in [0.25, 0.3) is 5.56 Å². The van der Waals surface area contributed by atoms with Crippen LogP contribution in [0.15, 0.2) is 53.3 Å². The maximum Gasteiger partial charge on any atom is 0.387 e. The number of hydrogen-bond donors (Lipinski definition) is 1. The minimum absolute atomic E-state index is 0.0678. The van der Waals surface area contributed by atoms with Gasteiger partial charge in [0.1, 0.15) is 0 Å². The van der Waals surface area contributed by atoms with E-state index in [-0.39, 0.29) is 23.5 Å². The number of methoxy groups -OCH3 is 1. The van der Waals surface area contributed by atoms with Gasteiger partial charge < -0.3 is 9.47 Å². The minimum atomic E-state index is -2.95. The highest BCUT2D eigenvalue weighted by molar-refractivity contribution is 6.30. The maximum atomic E-state index is 12.4. The molecule has 0 radical (unpaired) electrons. The first-order valence-corrected chi connectivity index (χ1v) is 8.30. The molecule has 0 aliphatic rings. The number of nitrogens with one attached hydrogen (secondary N) is 1. The fourth-order valence-corrected chi connectivity index (χ4v) is 2.71. The molecule has 0 spiro atoms. The molecule has 1 N–H and O–H groups in total. The van der Waals surface area contributed by atoms with Gasteiger partial charge in [-0.05, 0) is 35.9 Å². The van der Waals surface area contributed by atoms with Crippen molar-refractivity contribution in [2.24, 2.45) is 0 Å². The number of rotatable bonds is 6. The van der Waals surface area contributed by atoms with Gasteiger partial charge in [-0.15, -0.1) is 0 Å². The van der Waals surface area contributed by atoms with E-state index >= 15 is 0 Å². The molecule has 3 rings (SSSR count). The predicted octanol–water partition coefficient (Wildman–Crippen LogP) is 4.29. The summed E-state index contributed by atoms with van der Waals surface area (Å²) < 4.78 is 34.4. The molecule has 0 amide bonds. The summed E-state index contributed by atoms with van der Waals surface area (Å²) in [5.41, 5.74) is 2.23. The summed E-state index contributed by atoms with van der Waals surface area (Å²) in [5.74, 6) is 0.0953. The van der Waals surface area contributed by atoms with Gasteiger partial charge in [0.05, 0.1) is 12.8 Å². The summed E-state index contributed by atoms with van der Waals surface area (Å²) in [7, 11) is 1.36. The number of nitrogens with zero attached hydrogens (tertiary/aromatic N) is 1. The Balaban J connectivity index is 1.90. The predicted molar refractivity (Wildman–Crippen MR) is 97.7 cm³/mol. The largest absolute Gasteiger partial charge is 0.493 e. The summed E-state index contributed by atoms with van der Waals surface area (Å²) in [5, 5.41) is 7.13. The summed E-state index contributed by atoms with van der Waals surface area (Å²) in [6.07, 6.45) is 0.268. The topological polar surface area (TPSA) is 64.2 Å². The first kappa shape index (κ1) is 18.8. The van der Waals surface area contributed by atoms with Crippen molar-refractivity contribution in [2.45, 2.75) is 13.0 Å². The Morgan fingerprint density at radius 1 is 1.11 bits per heavy atom. The van der Waals surface area contributed by atoms with E-state index < -0.39 is 6.61 Å². The Bertz CT molecular complexity index is 991. The summed E-state index contributed by atoms with van der Waals surface area (Å²) >= 11 is 5.89. The lowest BCUT2D eigenvalue weighted by molar-refractivity contribution is -0.0512. The molecule has 0 saturated carbocycles. The van der Waals surface area contributed by atoms with Crippen molar-refractivity contribution in [3.63, 3.8) is 0 Å². The molecule has 5 nitrogen and oxygen atoms in total. The lowest BCUT2D eigenvalue weighted by Gasteiger charge is -2.11. The second-order valence-electron chi connectivity index (χ2n) is 5.65. The van der Waals surface area contributed by atoms with Gasteiger partial charge in [-0.1, -0.05) is 29.8 Å². The van der Waals surface area contributed by atoms with Crippen LogP contribution in [0.3, 0.4) is 0 Å². The van der Waals surface area contributed by atoms with E-state index in [0.29, 0.717) is 21.8 Å². The molecule has 0 atom stereocenters. The number of ether oxygens (including phenoxy) is 2. The molecule has 27 heavy (non-hydrogen) atoms. The molecular weight excluding hydrogens is 378 g/mol. The van der Waals surface area contributed by atoms with Crippen LogP contribution in [0.25, 0.3) is 11.3 Å². The normalized spacial score (nSPS) is 10.9. The van der Waals surface area contributed by atoms with Crippen LogP contribution >= 0.6 is 11.6 Å². The molecule has 1 aromatic heterocycles. The number of aromatic amines is 1. The van der Waals surface area contributed by atoms with Gasteiger partial charge in [0.15, 0.2) is 11.5 Å². The number of benzene rings is 2. The van der Waals surface area contributed by atoms with Crippen molar-refractivity contribution < 1.29 is 18.3 Å². The van der Waals surface area contributed by atoms with Crippen molar-refractivity contribution in [1.29, 1.82) is 0 Å². The number of alkyl halides is 2. The zero-order valence-corrected chi connectivity index (χ0v) is 15.0. The first-order chi connectivity index (χ1) is 13.0. The van der Waals surface area contributed by atoms with Gasteiger partial charge >= 0.3 is 6.61 Å². The van der Waals surface area contributed by atoms with Crippen molar-refractivity contribution in [3.05, 3.63) is 75.0 Å². The van der Waals surface area contributed by atoms with Crippen LogP contribution in [0.4, 0.5) is 8.78 Å². The Hall–Kier alpha value is -2.93. The molecule has 0 unspecified atom stereocenters. The van der Waals surface area contributed by atoms with Gasteiger partial charge in [0, 0.05) is 22.6 Å². The van der Waals surface area contributed by atoms with Gasteiger partial charge in [0.2, 0.25) is 0 Å². The third-order valence-corrected chi connectivity index (χ3v) is 4.11. The second-order valence-corrected chi connectivity index (χ2v) is 6.09. The van der Waals surface area contributed by atoms with Gasteiger partial charge in [-0.3, -0.25) is 4.79 Å². The molecule has 0 bridgehead atoms. The summed E-state index contributed by atoms with van der Waals surface area (Å²) in [6, 6.07) is 13.3. The fourth-order valence-electron chi connectivity index (χ4n) is 2.58. The van der Waals surface area contributed by atoms with E-state index in [2.05, 4.69) is 14.9 Å². The smallest absolute Gasteiger partial charge is 0.387 e. The van der Waals surface area contributed by atoms with E-state index in [1.54, 1.807) is 42.5 Å². The van der Waals surface area contributed by atoms with E-state index in [1.807, 2.05) is 0 Å². The van der Waals surface area contributed by atoms with Crippen molar-refractivity contribution in [1.82, 2.24) is 10.2 Å². The molecule has 3 aromatic rings. The number of hydrogen-bond acceptors (Lipinski definition) is 4. The zero-order chi connectivity index (χ0) is 19.4. The highest BCUT2D eigenvalue weighted by Gasteiger charge is 2.13. The molecule has 0 aliphatic carbocycles. The average molecular weight is 393 g/mol. The lowest BCUT2D eigenvalue weighted by Crippen LogP contribution is -2.15. The van der Waals surface area contributed by atoms with Crippen molar-refractivity contribution in [2.75, 3.05) is 7.11 Å². The molecule has 0 aliphatic heterocycles. The zero-order valence-electron chi connectivity index (χ0n) is 14.2. The van der Waals surface area contributed by atoms with Crippen LogP contribution in [0.2, 0.25) is 5.02 Å².